The van der Waals surface area contributed by atoms with E-state index in [1.165, 1.54) is 19.6 Å². The van der Waals surface area contributed by atoms with Crippen LogP contribution in [-0.2, 0) is 14.4 Å². The molecule has 2 bridgehead atoms. The number of carbonyl (C=O) groups is 4. The van der Waals surface area contributed by atoms with E-state index >= 15 is 0 Å². The predicted octanol–water partition coefficient (Wildman–Crippen LogP) is 2.90. The van der Waals surface area contributed by atoms with Gasteiger partial charge in [-0.25, -0.2) is 9.69 Å². The highest BCUT2D eigenvalue weighted by molar-refractivity contribution is 6.45. The van der Waals surface area contributed by atoms with Gasteiger partial charge in [0.15, 0.2) is 0 Å². The lowest BCUT2D eigenvalue weighted by molar-refractivity contribution is -0.144. The molecular weight excluding hydrogens is 410 g/mol. The summed E-state index contributed by atoms with van der Waals surface area (Å²) in [7, 11) is 1.44. The van der Waals surface area contributed by atoms with Crippen LogP contribution in [0.1, 0.15) is 32.6 Å². The van der Waals surface area contributed by atoms with Crippen molar-refractivity contribution in [3.05, 3.63) is 23.2 Å². The molecular formula is C21H24ClN3O5. The Balaban J connectivity index is 1.45. The molecule has 0 aromatic heterocycles. The molecule has 0 radical (unpaired) electrons. The van der Waals surface area contributed by atoms with Crippen LogP contribution in [0.5, 0.6) is 5.75 Å². The number of halogens is 1. The standard InChI is InChI=1S/C21H24ClN3O5/c1-11(15-8-12-3-4-13(15)7-12)25-20(28)19(27)24(21(25)29)10-18(26)23-16-9-14(22)5-6-17(16)30-2/h5-6,9,11-13,15H,3-4,7-8,10H2,1-2H3,(H,23,26). The van der Waals surface area contributed by atoms with Gasteiger partial charge >= 0.3 is 17.8 Å². The third kappa shape index (κ3) is 3.53. The van der Waals surface area contributed by atoms with Crippen LogP contribution in [0.4, 0.5) is 10.5 Å². The second-order valence-electron chi connectivity index (χ2n) is 8.32. The van der Waals surface area contributed by atoms with Crippen molar-refractivity contribution in [3.8, 4) is 5.75 Å². The average Bonchev–Trinajstić information content (AvgIpc) is 3.39. The molecule has 3 fully saturated rings. The molecule has 1 aromatic rings. The maximum absolute atomic E-state index is 12.9. The summed E-state index contributed by atoms with van der Waals surface area (Å²) in [6.45, 7) is 1.27. The highest BCUT2D eigenvalue weighted by Crippen LogP contribution is 2.50. The van der Waals surface area contributed by atoms with Crippen molar-refractivity contribution < 1.29 is 23.9 Å². The fourth-order valence-electron chi connectivity index (χ4n) is 5.21. The van der Waals surface area contributed by atoms with Gasteiger partial charge in [-0.2, -0.15) is 0 Å². The molecule has 9 heteroatoms. The number of benzene rings is 1. The van der Waals surface area contributed by atoms with Crippen LogP contribution in [0.25, 0.3) is 0 Å². The number of fused-ring (bicyclic) bond motifs is 2. The summed E-state index contributed by atoms with van der Waals surface area (Å²) < 4.78 is 5.18. The SMILES string of the molecule is COc1ccc(Cl)cc1NC(=O)CN1C(=O)C(=O)N(C(C)C2CC3CCC2C3)C1=O. The average molecular weight is 434 g/mol. The molecule has 4 rings (SSSR count). The number of nitrogens with one attached hydrogen (secondary N) is 1. The summed E-state index contributed by atoms with van der Waals surface area (Å²) in [6.07, 6.45) is 4.42. The Morgan fingerprint density at radius 1 is 1.23 bits per heavy atom. The highest BCUT2D eigenvalue weighted by Gasteiger charge is 2.52. The first kappa shape index (κ1) is 20.7. The van der Waals surface area contributed by atoms with E-state index < -0.39 is 30.3 Å². The Morgan fingerprint density at radius 3 is 2.63 bits per heavy atom. The van der Waals surface area contributed by atoms with Gasteiger partial charge in [-0.1, -0.05) is 18.0 Å². The highest BCUT2D eigenvalue weighted by atomic mass is 35.5. The number of ether oxygens (including phenoxy) is 1. The second-order valence-corrected chi connectivity index (χ2v) is 8.76. The summed E-state index contributed by atoms with van der Waals surface area (Å²) in [5.41, 5.74) is 0.313. The van der Waals surface area contributed by atoms with Crippen molar-refractivity contribution in [2.75, 3.05) is 19.0 Å². The van der Waals surface area contributed by atoms with E-state index in [-0.39, 0.29) is 12.0 Å². The molecule has 5 amide bonds. The zero-order chi connectivity index (χ0) is 21.6. The summed E-state index contributed by atoms with van der Waals surface area (Å²) in [4.78, 5) is 52.1. The Hall–Kier alpha value is -2.61. The van der Waals surface area contributed by atoms with E-state index in [0.29, 0.717) is 33.2 Å². The maximum atomic E-state index is 12.9. The van der Waals surface area contributed by atoms with Crippen LogP contribution in [0, 0.1) is 17.8 Å². The van der Waals surface area contributed by atoms with Gasteiger partial charge in [0, 0.05) is 11.1 Å². The number of carbonyl (C=O) groups excluding carboxylic acids is 4. The molecule has 0 spiro atoms. The van der Waals surface area contributed by atoms with Crippen molar-refractivity contribution >= 4 is 41.0 Å². The third-order valence-corrected chi connectivity index (χ3v) is 6.88. The van der Waals surface area contributed by atoms with Gasteiger partial charge in [0.1, 0.15) is 12.3 Å². The number of imide groups is 2. The number of hydrogen-bond acceptors (Lipinski definition) is 5. The second kappa shape index (κ2) is 7.91. The first-order valence-electron chi connectivity index (χ1n) is 10.1. The molecule has 4 unspecified atom stereocenters. The van der Waals surface area contributed by atoms with E-state index in [1.54, 1.807) is 12.1 Å². The first-order valence-corrected chi connectivity index (χ1v) is 10.5. The van der Waals surface area contributed by atoms with Gasteiger partial charge in [-0.05, 0) is 62.1 Å². The van der Waals surface area contributed by atoms with Crippen molar-refractivity contribution in [2.24, 2.45) is 17.8 Å². The smallest absolute Gasteiger partial charge is 0.334 e. The van der Waals surface area contributed by atoms with Crippen molar-refractivity contribution in [1.29, 1.82) is 0 Å². The van der Waals surface area contributed by atoms with Crippen molar-refractivity contribution in [2.45, 2.75) is 38.6 Å². The molecule has 1 heterocycles. The third-order valence-electron chi connectivity index (χ3n) is 6.64. The Labute approximate surface area is 179 Å². The molecule has 1 aromatic carbocycles. The number of hydrogen-bond donors (Lipinski definition) is 1. The van der Waals surface area contributed by atoms with E-state index in [4.69, 9.17) is 16.3 Å². The molecule has 160 valence electrons. The molecule has 1 N–H and O–H groups in total. The molecule has 1 saturated heterocycles. The quantitative estimate of drug-likeness (QED) is 0.549. The summed E-state index contributed by atoms with van der Waals surface area (Å²) >= 11 is 5.96. The number of urea groups is 1. The van der Waals surface area contributed by atoms with Crippen LogP contribution in [0.3, 0.4) is 0 Å². The monoisotopic (exact) mass is 433 g/mol. The number of amides is 5. The number of rotatable bonds is 6. The van der Waals surface area contributed by atoms with Crippen molar-refractivity contribution in [3.63, 3.8) is 0 Å². The molecule has 3 aliphatic rings. The van der Waals surface area contributed by atoms with E-state index in [0.717, 1.165) is 24.2 Å². The van der Waals surface area contributed by atoms with Gasteiger partial charge in [0.2, 0.25) is 5.91 Å². The largest absolute Gasteiger partial charge is 0.495 e. The lowest BCUT2D eigenvalue weighted by Gasteiger charge is -2.32. The minimum atomic E-state index is -0.969. The summed E-state index contributed by atoms with van der Waals surface area (Å²) in [5.74, 6) is -0.705. The molecule has 4 atom stereocenters. The topological polar surface area (TPSA) is 96.0 Å². The number of nitrogens with zero attached hydrogens (tertiary/aromatic N) is 2. The van der Waals surface area contributed by atoms with Crippen LogP contribution in [0.15, 0.2) is 18.2 Å². The number of anilines is 1. The zero-order valence-electron chi connectivity index (χ0n) is 16.9. The van der Waals surface area contributed by atoms with Crippen LogP contribution in [0.2, 0.25) is 5.02 Å². The van der Waals surface area contributed by atoms with Crippen LogP contribution in [-0.4, -0.2) is 53.2 Å². The van der Waals surface area contributed by atoms with Crippen LogP contribution < -0.4 is 10.1 Å². The summed E-state index contributed by atoms with van der Waals surface area (Å²) in [5, 5.41) is 2.97. The predicted molar refractivity (Wildman–Crippen MR) is 109 cm³/mol. The molecule has 2 saturated carbocycles. The normalized spacial score (nSPS) is 26.5. The summed E-state index contributed by atoms with van der Waals surface area (Å²) in [6, 6.07) is 3.61. The van der Waals surface area contributed by atoms with Gasteiger partial charge in [0.25, 0.3) is 0 Å². The number of methoxy groups -OCH3 is 1. The lowest BCUT2D eigenvalue weighted by atomic mass is 9.83. The van der Waals surface area contributed by atoms with Crippen molar-refractivity contribution in [1.82, 2.24) is 9.80 Å². The maximum Gasteiger partial charge on any atom is 0.334 e. The molecule has 2 aliphatic carbocycles. The van der Waals surface area contributed by atoms with Gasteiger partial charge in [-0.15, -0.1) is 0 Å². The van der Waals surface area contributed by atoms with Gasteiger partial charge < -0.3 is 10.1 Å². The molecule has 1 aliphatic heterocycles. The van der Waals surface area contributed by atoms with E-state index in [2.05, 4.69) is 5.32 Å². The van der Waals surface area contributed by atoms with E-state index in [9.17, 15) is 19.2 Å². The Morgan fingerprint density at radius 2 is 2.00 bits per heavy atom. The molecule has 8 nitrogen and oxygen atoms in total. The van der Waals surface area contributed by atoms with Crippen LogP contribution >= 0.6 is 11.6 Å². The molecule has 30 heavy (non-hydrogen) atoms. The fourth-order valence-corrected chi connectivity index (χ4v) is 5.38. The fraction of sp³-hybridized carbons (Fsp3) is 0.524. The minimum Gasteiger partial charge on any atom is -0.495 e. The minimum absolute atomic E-state index is 0.217. The van der Waals surface area contributed by atoms with Gasteiger partial charge in [0.05, 0.1) is 12.8 Å². The van der Waals surface area contributed by atoms with Gasteiger partial charge in [-0.3, -0.25) is 19.3 Å². The zero-order valence-corrected chi connectivity index (χ0v) is 17.6. The first-order chi connectivity index (χ1) is 14.3. The lowest BCUT2D eigenvalue weighted by Crippen LogP contribution is -2.45. The van der Waals surface area contributed by atoms with E-state index in [1.807, 2.05) is 6.92 Å². The Kier molecular flexibility index (Phi) is 5.44. The Bertz CT molecular complexity index is 920.